The molecule has 0 fully saturated rings. The SMILES string of the molecule is Cn1ccnc1S[C@H](C(=O)Nc1ccc(Cl)c([N+](=O)[O-])c1)c1ccccc1. The van der Waals surface area contributed by atoms with Gasteiger partial charge < -0.3 is 9.88 Å². The van der Waals surface area contributed by atoms with Crippen molar-refractivity contribution in [1.82, 2.24) is 9.55 Å². The highest BCUT2D eigenvalue weighted by atomic mass is 35.5. The predicted molar refractivity (Wildman–Crippen MR) is 105 cm³/mol. The molecule has 0 aliphatic heterocycles. The average Bonchev–Trinajstić information content (AvgIpc) is 3.06. The summed E-state index contributed by atoms with van der Waals surface area (Å²) in [6.07, 6.45) is 3.45. The lowest BCUT2D eigenvalue weighted by Crippen LogP contribution is -2.19. The van der Waals surface area contributed by atoms with Crippen molar-refractivity contribution in [2.45, 2.75) is 10.4 Å². The molecule has 2 aromatic carbocycles. The summed E-state index contributed by atoms with van der Waals surface area (Å²) >= 11 is 7.12. The summed E-state index contributed by atoms with van der Waals surface area (Å²) in [5.41, 5.74) is 0.839. The first-order chi connectivity index (χ1) is 13.0. The molecule has 9 heteroatoms. The molecule has 1 heterocycles. The van der Waals surface area contributed by atoms with Crippen LogP contribution in [-0.4, -0.2) is 20.4 Å². The normalized spacial score (nSPS) is 11.8. The van der Waals surface area contributed by atoms with E-state index in [1.165, 1.54) is 30.0 Å². The van der Waals surface area contributed by atoms with Crippen LogP contribution in [0.1, 0.15) is 10.8 Å². The Morgan fingerprint density at radius 1 is 1.30 bits per heavy atom. The molecule has 138 valence electrons. The van der Waals surface area contributed by atoms with Crippen molar-refractivity contribution in [3.05, 3.63) is 81.6 Å². The minimum absolute atomic E-state index is 0.0139. The van der Waals surface area contributed by atoms with Crippen molar-refractivity contribution in [2.75, 3.05) is 5.32 Å². The van der Waals surface area contributed by atoms with Crippen molar-refractivity contribution in [2.24, 2.45) is 7.05 Å². The molecule has 1 N–H and O–H groups in total. The van der Waals surface area contributed by atoms with E-state index < -0.39 is 10.2 Å². The molecule has 0 unspecified atom stereocenters. The smallest absolute Gasteiger partial charge is 0.289 e. The van der Waals surface area contributed by atoms with E-state index in [-0.39, 0.29) is 16.6 Å². The Morgan fingerprint density at radius 3 is 2.67 bits per heavy atom. The zero-order valence-electron chi connectivity index (χ0n) is 14.2. The van der Waals surface area contributed by atoms with E-state index in [2.05, 4.69) is 10.3 Å². The third-order valence-corrected chi connectivity index (χ3v) is 5.40. The van der Waals surface area contributed by atoms with Crippen LogP contribution in [0.25, 0.3) is 0 Å². The number of imidazole rings is 1. The van der Waals surface area contributed by atoms with Crippen LogP contribution in [-0.2, 0) is 11.8 Å². The van der Waals surface area contributed by atoms with Crippen LogP contribution in [0.3, 0.4) is 0 Å². The van der Waals surface area contributed by atoms with Crippen LogP contribution >= 0.6 is 23.4 Å². The number of nitro benzene ring substituents is 1. The molecular formula is C18H15ClN4O3S. The fourth-order valence-corrected chi connectivity index (χ4v) is 3.62. The Morgan fingerprint density at radius 2 is 2.04 bits per heavy atom. The molecule has 0 radical (unpaired) electrons. The predicted octanol–water partition coefficient (Wildman–Crippen LogP) is 4.45. The first-order valence-corrected chi connectivity index (χ1v) is 9.15. The van der Waals surface area contributed by atoms with Gasteiger partial charge in [0, 0.05) is 31.2 Å². The van der Waals surface area contributed by atoms with Gasteiger partial charge in [-0.2, -0.15) is 0 Å². The van der Waals surface area contributed by atoms with Gasteiger partial charge in [-0.05, 0) is 17.7 Å². The van der Waals surface area contributed by atoms with E-state index in [0.717, 1.165) is 5.56 Å². The number of amides is 1. The van der Waals surface area contributed by atoms with Crippen molar-refractivity contribution < 1.29 is 9.72 Å². The number of hydrogen-bond acceptors (Lipinski definition) is 5. The minimum atomic E-state index is -0.588. The molecule has 3 aromatic rings. The number of nitrogens with one attached hydrogen (secondary N) is 1. The number of nitrogens with zero attached hydrogens (tertiary/aromatic N) is 3. The van der Waals surface area contributed by atoms with Gasteiger partial charge in [-0.3, -0.25) is 14.9 Å². The van der Waals surface area contributed by atoms with Gasteiger partial charge in [0.1, 0.15) is 10.3 Å². The van der Waals surface area contributed by atoms with E-state index in [1.807, 2.05) is 41.9 Å². The first-order valence-electron chi connectivity index (χ1n) is 7.89. The van der Waals surface area contributed by atoms with Crippen LogP contribution in [0, 0.1) is 10.1 Å². The number of aryl methyl sites for hydroxylation is 1. The van der Waals surface area contributed by atoms with Gasteiger partial charge in [-0.1, -0.05) is 53.7 Å². The average molecular weight is 403 g/mol. The zero-order chi connectivity index (χ0) is 19.4. The van der Waals surface area contributed by atoms with Crippen molar-refractivity contribution in [3.63, 3.8) is 0 Å². The summed E-state index contributed by atoms with van der Waals surface area (Å²) in [5, 5.41) is 13.9. The van der Waals surface area contributed by atoms with Crippen molar-refractivity contribution in [1.29, 1.82) is 0 Å². The molecule has 0 bridgehead atoms. The molecule has 27 heavy (non-hydrogen) atoms. The molecule has 7 nitrogen and oxygen atoms in total. The van der Waals surface area contributed by atoms with E-state index in [4.69, 9.17) is 11.6 Å². The lowest BCUT2D eigenvalue weighted by Gasteiger charge is -2.16. The van der Waals surface area contributed by atoms with E-state index in [9.17, 15) is 14.9 Å². The molecule has 1 aromatic heterocycles. The number of nitro groups is 1. The Labute approximate surface area is 164 Å². The molecule has 0 spiro atoms. The van der Waals surface area contributed by atoms with Crippen LogP contribution in [0.4, 0.5) is 11.4 Å². The van der Waals surface area contributed by atoms with Gasteiger partial charge in [0.05, 0.1) is 4.92 Å². The van der Waals surface area contributed by atoms with Gasteiger partial charge in [-0.15, -0.1) is 0 Å². The molecule has 0 aliphatic rings. The number of carbonyl (C=O) groups excluding carboxylic acids is 1. The Bertz CT molecular complexity index is 978. The van der Waals surface area contributed by atoms with Crippen LogP contribution < -0.4 is 5.32 Å². The van der Waals surface area contributed by atoms with Gasteiger partial charge in [0.15, 0.2) is 5.16 Å². The number of carbonyl (C=O) groups is 1. The maximum Gasteiger partial charge on any atom is 0.289 e. The number of thioether (sulfide) groups is 1. The van der Waals surface area contributed by atoms with Crippen LogP contribution in [0.15, 0.2) is 66.1 Å². The number of aromatic nitrogens is 2. The standard InChI is InChI=1S/C18H15ClN4O3S/c1-22-10-9-20-18(22)27-16(12-5-3-2-4-6-12)17(24)21-13-7-8-14(19)15(11-13)23(25)26/h2-11,16H,1H3,(H,21,24)/t16-/m0/s1. The fraction of sp³-hybridized carbons (Fsp3) is 0.111. The minimum Gasteiger partial charge on any atom is -0.329 e. The van der Waals surface area contributed by atoms with Crippen molar-refractivity contribution >= 4 is 40.6 Å². The Kier molecular flexibility index (Phi) is 5.78. The van der Waals surface area contributed by atoms with Crippen molar-refractivity contribution in [3.8, 4) is 0 Å². The number of anilines is 1. The van der Waals surface area contributed by atoms with Gasteiger partial charge >= 0.3 is 0 Å². The molecule has 1 atom stereocenters. The second-order valence-corrected chi connectivity index (χ2v) is 7.12. The Balaban J connectivity index is 1.88. The third-order valence-electron chi connectivity index (χ3n) is 3.75. The molecule has 1 amide bonds. The van der Waals surface area contributed by atoms with Crippen LogP contribution in [0.5, 0.6) is 0 Å². The maximum absolute atomic E-state index is 12.9. The van der Waals surface area contributed by atoms with Crippen LogP contribution in [0.2, 0.25) is 5.02 Å². The molecule has 3 rings (SSSR count). The summed E-state index contributed by atoms with van der Waals surface area (Å²) in [4.78, 5) is 27.7. The summed E-state index contributed by atoms with van der Waals surface area (Å²) in [6, 6.07) is 13.4. The van der Waals surface area contributed by atoms with Gasteiger partial charge in [0.25, 0.3) is 5.69 Å². The molecular weight excluding hydrogens is 388 g/mol. The molecule has 0 saturated heterocycles. The monoisotopic (exact) mass is 402 g/mol. The van der Waals surface area contributed by atoms with Gasteiger partial charge in [-0.25, -0.2) is 4.98 Å². The molecule has 0 aliphatic carbocycles. The number of benzene rings is 2. The first kappa shape index (κ1) is 18.9. The highest BCUT2D eigenvalue weighted by molar-refractivity contribution is 8.00. The highest BCUT2D eigenvalue weighted by Gasteiger charge is 2.24. The topological polar surface area (TPSA) is 90.1 Å². The maximum atomic E-state index is 12.9. The summed E-state index contributed by atoms with van der Waals surface area (Å²) < 4.78 is 1.82. The molecule has 0 saturated carbocycles. The highest BCUT2D eigenvalue weighted by Crippen LogP contribution is 2.35. The summed E-state index contributed by atoms with van der Waals surface area (Å²) in [6.45, 7) is 0. The quantitative estimate of drug-likeness (QED) is 0.373. The summed E-state index contributed by atoms with van der Waals surface area (Å²) in [5.74, 6) is -0.314. The third kappa shape index (κ3) is 4.47. The second kappa shape index (κ2) is 8.24. The largest absolute Gasteiger partial charge is 0.329 e. The zero-order valence-corrected chi connectivity index (χ0v) is 15.8. The van der Waals surface area contributed by atoms with E-state index in [0.29, 0.717) is 10.8 Å². The van der Waals surface area contributed by atoms with Gasteiger partial charge in [0.2, 0.25) is 5.91 Å². The summed E-state index contributed by atoms with van der Waals surface area (Å²) in [7, 11) is 1.85. The number of halogens is 1. The van der Waals surface area contributed by atoms with E-state index in [1.54, 1.807) is 12.4 Å². The second-order valence-electron chi connectivity index (χ2n) is 5.64. The number of hydrogen-bond donors (Lipinski definition) is 1. The Hall–Kier alpha value is -2.84. The lowest BCUT2D eigenvalue weighted by atomic mass is 10.1. The fourth-order valence-electron chi connectivity index (χ4n) is 2.41. The van der Waals surface area contributed by atoms with E-state index >= 15 is 0 Å². The number of rotatable bonds is 6. The lowest BCUT2D eigenvalue weighted by molar-refractivity contribution is -0.384.